The predicted octanol–water partition coefficient (Wildman–Crippen LogP) is 2.79. The fraction of sp³-hybridized carbons (Fsp3) is 0.105. The summed E-state index contributed by atoms with van der Waals surface area (Å²) in [6, 6.07) is 14.4. The van der Waals surface area contributed by atoms with Crippen molar-refractivity contribution in [2.75, 3.05) is 0 Å². The van der Waals surface area contributed by atoms with Crippen molar-refractivity contribution in [3.63, 3.8) is 0 Å². The molecule has 2 aromatic heterocycles. The lowest BCUT2D eigenvalue weighted by Crippen LogP contribution is -2.29. The first kappa shape index (κ1) is 19.5. The van der Waals surface area contributed by atoms with E-state index in [1.54, 1.807) is 30.3 Å². The Morgan fingerprint density at radius 2 is 2.03 bits per heavy atom. The average molecular weight is 430 g/mol. The van der Waals surface area contributed by atoms with Crippen LogP contribution < -0.4 is 4.90 Å². The summed E-state index contributed by atoms with van der Waals surface area (Å²) in [6.07, 6.45) is 0. The van der Waals surface area contributed by atoms with Gasteiger partial charge in [-0.05, 0) is 23.1 Å². The van der Waals surface area contributed by atoms with E-state index < -0.39 is 18.4 Å². The Bertz CT molecular complexity index is 1190. The molecule has 0 bridgehead atoms. The SMILES string of the molecule is O=C(OCc1c(-c2ccccc2)no[n+]1[O-])c1nc(CCl)n(-c2cccc(F)c2)n1. The summed E-state index contributed by atoms with van der Waals surface area (Å²) >= 11 is 5.87. The number of rotatable bonds is 6. The maximum absolute atomic E-state index is 13.5. The predicted molar refractivity (Wildman–Crippen MR) is 101 cm³/mol. The number of carbonyl (C=O) groups is 1. The van der Waals surface area contributed by atoms with Gasteiger partial charge >= 0.3 is 5.97 Å². The first-order chi connectivity index (χ1) is 14.6. The lowest BCUT2D eigenvalue weighted by molar-refractivity contribution is -0.808. The van der Waals surface area contributed by atoms with E-state index in [4.69, 9.17) is 16.3 Å². The molecular formula is C19H13ClFN5O4. The highest BCUT2D eigenvalue weighted by molar-refractivity contribution is 6.16. The molecule has 0 saturated carbocycles. The highest BCUT2D eigenvalue weighted by atomic mass is 35.5. The summed E-state index contributed by atoms with van der Waals surface area (Å²) in [7, 11) is 0. The van der Waals surface area contributed by atoms with Crippen LogP contribution in [0.25, 0.3) is 16.9 Å². The molecule has 4 rings (SSSR count). The van der Waals surface area contributed by atoms with Crippen LogP contribution in [0.2, 0.25) is 0 Å². The van der Waals surface area contributed by atoms with Crippen molar-refractivity contribution in [2.24, 2.45) is 0 Å². The van der Waals surface area contributed by atoms with Crippen molar-refractivity contribution in [3.8, 4) is 16.9 Å². The molecule has 0 radical (unpaired) electrons. The second-order valence-electron chi connectivity index (χ2n) is 6.04. The van der Waals surface area contributed by atoms with Crippen LogP contribution in [0, 0.1) is 11.0 Å². The van der Waals surface area contributed by atoms with E-state index >= 15 is 0 Å². The van der Waals surface area contributed by atoms with Gasteiger partial charge in [0.25, 0.3) is 11.5 Å². The maximum atomic E-state index is 13.5. The quantitative estimate of drug-likeness (QED) is 0.263. The zero-order chi connectivity index (χ0) is 21.1. The van der Waals surface area contributed by atoms with Gasteiger partial charge < -0.3 is 9.94 Å². The summed E-state index contributed by atoms with van der Waals surface area (Å²) in [6.45, 7) is -0.416. The lowest BCUT2D eigenvalue weighted by atomic mass is 10.1. The Balaban J connectivity index is 1.56. The number of aromatic nitrogens is 5. The summed E-state index contributed by atoms with van der Waals surface area (Å²) < 4.78 is 24.6. The topological polar surface area (TPSA) is 110 Å². The van der Waals surface area contributed by atoms with Crippen LogP contribution in [-0.2, 0) is 17.2 Å². The van der Waals surface area contributed by atoms with Crippen LogP contribution >= 0.6 is 11.6 Å². The van der Waals surface area contributed by atoms with Gasteiger partial charge in [-0.15, -0.1) is 16.7 Å². The van der Waals surface area contributed by atoms with E-state index in [-0.39, 0.29) is 33.8 Å². The average Bonchev–Trinajstić information content (AvgIpc) is 3.36. The second-order valence-corrected chi connectivity index (χ2v) is 6.31. The molecule has 0 atom stereocenters. The van der Waals surface area contributed by atoms with E-state index in [0.717, 1.165) is 0 Å². The van der Waals surface area contributed by atoms with E-state index in [0.29, 0.717) is 11.3 Å². The molecule has 0 aliphatic rings. The maximum Gasteiger partial charge on any atom is 0.378 e. The molecule has 0 saturated heterocycles. The molecule has 152 valence electrons. The summed E-state index contributed by atoms with van der Waals surface area (Å²) in [4.78, 5) is 16.6. The zero-order valence-corrected chi connectivity index (χ0v) is 16.0. The van der Waals surface area contributed by atoms with Crippen molar-refractivity contribution in [1.82, 2.24) is 19.9 Å². The summed E-state index contributed by atoms with van der Waals surface area (Å²) in [5.41, 5.74) is 1.23. The monoisotopic (exact) mass is 429 g/mol. The molecule has 4 aromatic rings. The van der Waals surface area contributed by atoms with Gasteiger partial charge in [-0.1, -0.05) is 36.4 Å². The fourth-order valence-corrected chi connectivity index (χ4v) is 2.91. The molecule has 9 nitrogen and oxygen atoms in total. The Hall–Kier alpha value is -3.79. The molecule has 30 heavy (non-hydrogen) atoms. The number of halogens is 2. The van der Waals surface area contributed by atoms with Gasteiger partial charge in [-0.2, -0.15) is 0 Å². The van der Waals surface area contributed by atoms with Gasteiger partial charge in [0.1, 0.15) is 11.6 Å². The molecule has 0 spiro atoms. The largest absolute Gasteiger partial charge is 0.451 e. The Morgan fingerprint density at radius 1 is 1.23 bits per heavy atom. The number of esters is 1. The smallest absolute Gasteiger partial charge is 0.378 e. The number of hydrogen-bond donors (Lipinski definition) is 0. The number of ether oxygens (including phenoxy) is 1. The molecule has 0 fully saturated rings. The molecule has 2 aromatic carbocycles. The minimum Gasteiger partial charge on any atom is -0.451 e. The minimum atomic E-state index is -0.892. The number of alkyl halides is 1. The molecule has 0 amide bonds. The van der Waals surface area contributed by atoms with E-state index in [2.05, 4.69) is 19.9 Å². The van der Waals surface area contributed by atoms with Crippen molar-refractivity contribution in [1.29, 1.82) is 0 Å². The Morgan fingerprint density at radius 3 is 2.77 bits per heavy atom. The molecule has 0 aliphatic heterocycles. The van der Waals surface area contributed by atoms with Gasteiger partial charge in [0.2, 0.25) is 5.69 Å². The molecule has 2 heterocycles. The molecule has 0 unspecified atom stereocenters. The van der Waals surface area contributed by atoms with Crippen LogP contribution in [0.1, 0.15) is 22.1 Å². The summed E-state index contributed by atoms with van der Waals surface area (Å²) in [5, 5.41) is 19.7. The number of benzene rings is 2. The molecular weight excluding hydrogens is 417 g/mol. The van der Waals surface area contributed by atoms with Crippen LogP contribution in [0.4, 0.5) is 4.39 Å². The van der Waals surface area contributed by atoms with Crippen molar-refractivity contribution in [2.45, 2.75) is 12.5 Å². The lowest BCUT2D eigenvalue weighted by Gasteiger charge is -2.03. The van der Waals surface area contributed by atoms with Gasteiger partial charge in [0.05, 0.1) is 11.6 Å². The van der Waals surface area contributed by atoms with Crippen molar-refractivity contribution >= 4 is 17.6 Å². The van der Waals surface area contributed by atoms with Crippen LogP contribution in [-0.4, -0.2) is 25.9 Å². The number of nitrogens with zero attached hydrogens (tertiary/aromatic N) is 5. The highest BCUT2D eigenvalue weighted by Gasteiger charge is 2.24. The van der Waals surface area contributed by atoms with Crippen LogP contribution in [0.3, 0.4) is 0 Å². The second kappa shape index (κ2) is 8.29. The van der Waals surface area contributed by atoms with Crippen LogP contribution in [0.5, 0.6) is 0 Å². The third-order valence-electron chi connectivity index (χ3n) is 4.12. The summed E-state index contributed by atoms with van der Waals surface area (Å²) in [5.74, 6) is -1.50. The highest BCUT2D eigenvalue weighted by Crippen LogP contribution is 2.20. The van der Waals surface area contributed by atoms with Gasteiger partial charge in [-0.3, -0.25) is 4.63 Å². The van der Waals surface area contributed by atoms with Crippen molar-refractivity contribution in [3.05, 3.63) is 83.0 Å². The minimum absolute atomic E-state index is 0.0108. The van der Waals surface area contributed by atoms with Crippen molar-refractivity contribution < 1.29 is 23.5 Å². The molecule has 11 heteroatoms. The van der Waals surface area contributed by atoms with Gasteiger partial charge in [0, 0.05) is 10.7 Å². The fourth-order valence-electron chi connectivity index (χ4n) is 2.73. The zero-order valence-electron chi connectivity index (χ0n) is 15.2. The van der Waals surface area contributed by atoms with Gasteiger partial charge in [-0.25, -0.2) is 18.9 Å². The number of carbonyl (C=O) groups excluding carboxylic acids is 1. The molecule has 0 N–H and O–H groups in total. The van der Waals surface area contributed by atoms with Gasteiger partial charge in [0.15, 0.2) is 6.61 Å². The van der Waals surface area contributed by atoms with E-state index in [1.165, 1.54) is 22.9 Å². The third-order valence-corrected chi connectivity index (χ3v) is 4.36. The standard InChI is InChI=1S/C19H13ClFN5O4/c20-10-16-22-18(23-25(16)14-8-4-7-13(21)9-14)19(27)29-11-15-17(24-30-26(15)28)12-5-2-1-3-6-12/h1-9H,10-11H2. The van der Waals surface area contributed by atoms with E-state index in [1.807, 2.05) is 6.07 Å². The third kappa shape index (κ3) is 3.85. The Kier molecular flexibility index (Phi) is 5.40. The Labute approximate surface area is 173 Å². The normalized spacial score (nSPS) is 10.9. The molecule has 0 aliphatic carbocycles. The first-order valence-electron chi connectivity index (χ1n) is 8.66. The first-order valence-corrected chi connectivity index (χ1v) is 9.19. The van der Waals surface area contributed by atoms with Crippen LogP contribution in [0.15, 0.2) is 59.2 Å². The number of hydrogen-bond acceptors (Lipinski definition) is 7. The van der Waals surface area contributed by atoms with E-state index in [9.17, 15) is 14.4 Å².